The van der Waals surface area contributed by atoms with Gasteiger partial charge in [0, 0.05) is 28.5 Å². The Hall–Kier alpha value is -0.870. The summed E-state index contributed by atoms with van der Waals surface area (Å²) in [7, 11) is 0. The van der Waals surface area contributed by atoms with Crippen molar-refractivity contribution in [3.8, 4) is 0 Å². The number of pyridine rings is 1. The summed E-state index contributed by atoms with van der Waals surface area (Å²) in [6.45, 7) is 2.23. The lowest BCUT2D eigenvalue weighted by Gasteiger charge is -2.22. The number of piperidine rings is 1. The van der Waals surface area contributed by atoms with Crippen LogP contribution in [0.2, 0.25) is 0 Å². The zero-order valence-corrected chi connectivity index (χ0v) is 10.6. The van der Waals surface area contributed by atoms with E-state index in [0.717, 1.165) is 23.2 Å². The molecule has 0 aliphatic carbocycles. The first kappa shape index (κ1) is 10.3. The zero-order valence-electron chi connectivity index (χ0n) is 8.99. The normalized spacial score (nSPS) is 18.1. The maximum absolute atomic E-state index is 4.46. The van der Waals surface area contributed by atoms with Gasteiger partial charge in [0.2, 0.25) is 0 Å². The lowest BCUT2D eigenvalue weighted by molar-refractivity contribution is 0.451. The van der Waals surface area contributed by atoms with Gasteiger partial charge in [0.1, 0.15) is 5.65 Å². The van der Waals surface area contributed by atoms with E-state index in [2.05, 4.69) is 42.9 Å². The minimum absolute atomic E-state index is 0.644. The quantitative estimate of drug-likeness (QED) is 0.870. The Morgan fingerprint density at radius 2 is 2.12 bits per heavy atom. The van der Waals surface area contributed by atoms with Crippen molar-refractivity contribution in [3.05, 3.63) is 34.7 Å². The maximum Gasteiger partial charge on any atom is 0.136 e. The smallest absolute Gasteiger partial charge is 0.136 e. The van der Waals surface area contributed by atoms with Crippen LogP contribution in [0.1, 0.15) is 24.5 Å². The van der Waals surface area contributed by atoms with E-state index in [-0.39, 0.29) is 0 Å². The second-order valence-corrected chi connectivity index (χ2v) is 5.20. The monoisotopic (exact) mass is 279 g/mol. The van der Waals surface area contributed by atoms with Crippen LogP contribution in [0.25, 0.3) is 5.65 Å². The van der Waals surface area contributed by atoms with Gasteiger partial charge in [0.15, 0.2) is 0 Å². The Bertz CT molecular complexity index is 500. The molecule has 84 valence electrons. The molecule has 1 fully saturated rings. The fraction of sp³-hybridized carbons (Fsp3) is 0.417. The molecule has 4 heteroatoms. The van der Waals surface area contributed by atoms with Gasteiger partial charge in [0.05, 0.1) is 0 Å². The van der Waals surface area contributed by atoms with E-state index >= 15 is 0 Å². The summed E-state index contributed by atoms with van der Waals surface area (Å²) in [6.07, 6.45) is 6.55. The molecule has 1 saturated heterocycles. The van der Waals surface area contributed by atoms with E-state index in [1.54, 1.807) is 0 Å². The van der Waals surface area contributed by atoms with Crippen molar-refractivity contribution in [2.75, 3.05) is 13.1 Å². The average molecular weight is 280 g/mol. The predicted molar refractivity (Wildman–Crippen MR) is 67.7 cm³/mol. The molecule has 0 amide bonds. The number of imidazole rings is 1. The number of nitrogens with zero attached hydrogens (tertiary/aromatic N) is 2. The van der Waals surface area contributed by atoms with Crippen molar-refractivity contribution in [2.24, 2.45) is 0 Å². The van der Waals surface area contributed by atoms with Gasteiger partial charge >= 0.3 is 0 Å². The molecule has 0 aromatic carbocycles. The second-order valence-electron chi connectivity index (χ2n) is 4.28. The number of halogens is 1. The second kappa shape index (κ2) is 4.18. The summed E-state index contributed by atoms with van der Waals surface area (Å²) in [4.78, 5) is 4.46. The molecule has 0 spiro atoms. The minimum atomic E-state index is 0.644. The van der Waals surface area contributed by atoms with Crippen LogP contribution in [0.4, 0.5) is 0 Å². The van der Waals surface area contributed by atoms with Gasteiger partial charge in [-0.25, -0.2) is 4.98 Å². The molecule has 1 N–H and O–H groups in total. The summed E-state index contributed by atoms with van der Waals surface area (Å²) in [5, 5.41) is 3.40. The van der Waals surface area contributed by atoms with E-state index in [9.17, 15) is 0 Å². The fourth-order valence-electron chi connectivity index (χ4n) is 2.39. The summed E-state index contributed by atoms with van der Waals surface area (Å²) in [5.74, 6) is 0.644. The van der Waals surface area contributed by atoms with Crippen molar-refractivity contribution in [1.82, 2.24) is 14.7 Å². The number of nitrogens with one attached hydrogen (secondary N) is 1. The van der Waals surface area contributed by atoms with Gasteiger partial charge < -0.3 is 9.72 Å². The molecule has 0 saturated carbocycles. The molecule has 0 bridgehead atoms. The van der Waals surface area contributed by atoms with E-state index in [1.165, 1.54) is 18.5 Å². The Labute approximate surface area is 103 Å². The van der Waals surface area contributed by atoms with Crippen LogP contribution in [0, 0.1) is 0 Å². The van der Waals surface area contributed by atoms with Gasteiger partial charge in [0.25, 0.3) is 0 Å². The van der Waals surface area contributed by atoms with Crippen LogP contribution in [-0.2, 0) is 0 Å². The summed E-state index contributed by atoms with van der Waals surface area (Å²) in [5.41, 5.74) is 2.38. The third-order valence-electron chi connectivity index (χ3n) is 3.26. The highest BCUT2D eigenvalue weighted by molar-refractivity contribution is 9.10. The van der Waals surface area contributed by atoms with Crippen LogP contribution in [0.5, 0.6) is 0 Å². The average Bonchev–Trinajstić information content (AvgIpc) is 2.73. The molecule has 2 aromatic rings. The molecule has 2 aromatic heterocycles. The van der Waals surface area contributed by atoms with Crippen molar-refractivity contribution in [3.63, 3.8) is 0 Å². The molecule has 3 rings (SSSR count). The summed E-state index contributed by atoms with van der Waals surface area (Å²) in [6, 6.07) is 4.09. The molecule has 3 heterocycles. The van der Waals surface area contributed by atoms with E-state index < -0.39 is 0 Å². The van der Waals surface area contributed by atoms with Gasteiger partial charge in [-0.05, 0) is 54.0 Å². The van der Waals surface area contributed by atoms with Crippen molar-refractivity contribution < 1.29 is 0 Å². The van der Waals surface area contributed by atoms with E-state index in [4.69, 9.17) is 0 Å². The van der Waals surface area contributed by atoms with Gasteiger partial charge in [-0.3, -0.25) is 0 Å². The minimum Gasteiger partial charge on any atom is -0.317 e. The van der Waals surface area contributed by atoms with Crippen LogP contribution in [0.15, 0.2) is 29.0 Å². The number of hydrogen-bond donors (Lipinski definition) is 1. The molecule has 0 atom stereocenters. The lowest BCUT2D eigenvalue weighted by atomic mass is 9.95. The Kier molecular flexibility index (Phi) is 2.69. The molecule has 0 radical (unpaired) electrons. The molecule has 16 heavy (non-hydrogen) atoms. The highest BCUT2D eigenvalue weighted by Gasteiger charge is 2.18. The van der Waals surface area contributed by atoms with Crippen molar-refractivity contribution in [1.29, 1.82) is 0 Å². The Morgan fingerprint density at radius 3 is 2.94 bits per heavy atom. The van der Waals surface area contributed by atoms with Crippen molar-refractivity contribution >= 4 is 21.6 Å². The highest BCUT2D eigenvalue weighted by atomic mass is 79.9. The number of fused-ring (bicyclic) bond motifs is 1. The largest absolute Gasteiger partial charge is 0.317 e. The van der Waals surface area contributed by atoms with Crippen LogP contribution < -0.4 is 5.32 Å². The molecular formula is C12H14BrN3. The zero-order chi connectivity index (χ0) is 11.0. The fourth-order valence-corrected chi connectivity index (χ4v) is 2.73. The van der Waals surface area contributed by atoms with Gasteiger partial charge in [-0.1, -0.05) is 0 Å². The molecule has 1 aliphatic heterocycles. The maximum atomic E-state index is 4.46. The molecule has 1 aliphatic rings. The Balaban J connectivity index is 2.05. The number of hydrogen-bond acceptors (Lipinski definition) is 2. The molecule has 0 unspecified atom stereocenters. The standard InChI is InChI=1S/C12H14BrN3/c13-10-1-2-12-15-7-11(16(12)8-10)9-3-5-14-6-4-9/h1-2,7-9,14H,3-6H2. The first-order valence-corrected chi connectivity index (χ1v) is 6.47. The molecule has 3 nitrogen and oxygen atoms in total. The first-order chi connectivity index (χ1) is 7.84. The third kappa shape index (κ3) is 1.76. The van der Waals surface area contributed by atoms with Crippen LogP contribution in [-0.4, -0.2) is 22.5 Å². The van der Waals surface area contributed by atoms with E-state index in [1.807, 2.05) is 12.3 Å². The van der Waals surface area contributed by atoms with Gasteiger partial charge in [-0.15, -0.1) is 0 Å². The van der Waals surface area contributed by atoms with Crippen LogP contribution in [0.3, 0.4) is 0 Å². The third-order valence-corrected chi connectivity index (χ3v) is 3.72. The highest BCUT2D eigenvalue weighted by Crippen LogP contribution is 2.26. The van der Waals surface area contributed by atoms with Crippen LogP contribution >= 0.6 is 15.9 Å². The summed E-state index contributed by atoms with van der Waals surface area (Å²) < 4.78 is 3.31. The van der Waals surface area contributed by atoms with Crippen molar-refractivity contribution in [2.45, 2.75) is 18.8 Å². The van der Waals surface area contributed by atoms with E-state index in [0.29, 0.717) is 5.92 Å². The number of aromatic nitrogens is 2. The molecular weight excluding hydrogens is 266 g/mol. The topological polar surface area (TPSA) is 29.3 Å². The first-order valence-electron chi connectivity index (χ1n) is 5.68. The number of rotatable bonds is 1. The Morgan fingerprint density at radius 1 is 1.31 bits per heavy atom. The predicted octanol–water partition coefficient (Wildman–Crippen LogP) is 2.56. The SMILES string of the molecule is Brc1ccc2ncc(C3CCNCC3)n2c1. The summed E-state index contributed by atoms with van der Waals surface area (Å²) >= 11 is 3.51. The van der Waals surface area contributed by atoms with Gasteiger partial charge in [-0.2, -0.15) is 0 Å². The lowest BCUT2D eigenvalue weighted by Crippen LogP contribution is -2.27.